The zero-order valence-electron chi connectivity index (χ0n) is 19.4. The molecule has 2 atom stereocenters. The molecule has 0 spiro atoms. The second-order valence-electron chi connectivity index (χ2n) is 8.42. The smallest absolute Gasteiger partial charge is 0.426 e. The fourth-order valence-electron chi connectivity index (χ4n) is 1.06. The first-order valence-electron chi connectivity index (χ1n) is 9.27. The van der Waals surface area contributed by atoms with Gasteiger partial charge in [0.15, 0.2) is 0 Å². The van der Waals surface area contributed by atoms with Gasteiger partial charge in [-0.3, -0.25) is 0 Å². The van der Waals surface area contributed by atoms with Crippen molar-refractivity contribution in [2.75, 3.05) is 0 Å². The predicted molar refractivity (Wildman–Crippen MR) is 102 cm³/mol. The molecule has 0 aliphatic rings. The van der Waals surface area contributed by atoms with E-state index in [0.717, 1.165) is 0 Å². The highest BCUT2D eigenvalue weighted by molar-refractivity contribution is 5.64. The Bertz CT molecular complexity index is 452. The Morgan fingerprint density at radius 2 is 0.900 bits per heavy atom. The Morgan fingerprint density at radius 1 is 0.633 bits per heavy atom. The molecule has 0 aliphatic carbocycles. The van der Waals surface area contributed by atoms with E-state index in [2.05, 4.69) is 19.6 Å². The van der Waals surface area contributed by atoms with Crippen LogP contribution in [-0.4, -0.2) is 45.6 Å². The van der Waals surface area contributed by atoms with Gasteiger partial charge >= 0.3 is 12.3 Å². The van der Waals surface area contributed by atoms with Crippen LogP contribution in [0.25, 0.3) is 0 Å². The van der Waals surface area contributed by atoms with E-state index in [0.29, 0.717) is 12.8 Å². The van der Waals surface area contributed by atoms with Crippen molar-refractivity contribution >= 4 is 12.3 Å². The van der Waals surface area contributed by atoms with Crippen LogP contribution in [-0.2, 0) is 38.8 Å². The molecule has 0 amide bonds. The molecule has 2 N–H and O–H groups in total. The highest BCUT2D eigenvalue weighted by Gasteiger charge is 2.33. The molecule has 0 fully saturated rings. The van der Waals surface area contributed by atoms with Crippen molar-refractivity contribution in [3.05, 3.63) is 0 Å². The summed E-state index contributed by atoms with van der Waals surface area (Å²) in [4.78, 5) is 47.9. The maximum Gasteiger partial charge on any atom is 0.550 e. The van der Waals surface area contributed by atoms with Gasteiger partial charge in [-0.05, 0) is 55.4 Å². The third-order valence-electron chi connectivity index (χ3n) is 3.02. The van der Waals surface area contributed by atoms with Crippen molar-refractivity contribution in [1.82, 2.24) is 0 Å². The van der Waals surface area contributed by atoms with Gasteiger partial charge in [-0.2, -0.15) is 29.1 Å². The normalized spacial score (nSPS) is 15.6. The van der Waals surface area contributed by atoms with Crippen LogP contribution >= 0.6 is 0 Å². The molecule has 0 bridgehead atoms. The lowest BCUT2D eigenvalue weighted by Crippen LogP contribution is -2.38. The molecular weight excluding hydrogens is 408 g/mol. The molecule has 0 saturated carbocycles. The van der Waals surface area contributed by atoms with Crippen LogP contribution < -0.4 is 0 Å². The summed E-state index contributed by atoms with van der Waals surface area (Å²) in [6.45, 7) is 16.4. The van der Waals surface area contributed by atoms with Crippen molar-refractivity contribution in [2.24, 2.45) is 0 Å². The van der Waals surface area contributed by atoms with Crippen molar-refractivity contribution in [2.45, 2.75) is 105 Å². The predicted octanol–water partition coefficient (Wildman–Crippen LogP) is 4.97. The highest BCUT2D eigenvalue weighted by atomic mass is 17.3. The zero-order valence-corrected chi connectivity index (χ0v) is 19.4. The topological polar surface area (TPSA) is 148 Å². The van der Waals surface area contributed by atoms with Gasteiger partial charge in [0, 0.05) is 12.8 Å². The van der Waals surface area contributed by atoms with Crippen LogP contribution in [0.1, 0.15) is 82.1 Å². The molecule has 30 heavy (non-hydrogen) atoms. The molecule has 0 aliphatic heterocycles. The van der Waals surface area contributed by atoms with E-state index in [1.54, 1.807) is 55.4 Å². The van der Waals surface area contributed by atoms with E-state index in [1.807, 2.05) is 0 Å². The Kier molecular flexibility index (Phi) is 13.1. The third kappa shape index (κ3) is 16.1. The van der Waals surface area contributed by atoms with E-state index < -0.39 is 35.1 Å². The standard InChI is InChI=1S/C10H18O6.C8H18O6/c1-9(2,3)13-7(11)15-16-8(12)14-10(4,5)6;1-5-7(3,11-9)13-14-8(4,6-2)12-10/h1-6H3;9-10H,5-6H2,1-4H3. The summed E-state index contributed by atoms with van der Waals surface area (Å²) in [6.07, 6.45) is -1.46. The fraction of sp³-hybridized carbons (Fsp3) is 0.889. The number of hydrogen-bond acceptors (Lipinski definition) is 12. The van der Waals surface area contributed by atoms with Gasteiger partial charge in [-0.25, -0.2) is 20.3 Å². The quantitative estimate of drug-likeness (QED) is 0.236. The SMILES string of the molecule is CC(C)(C)OC(=O)OOC(=O)OC(C)(C)C.CCC(C)(OO)OOC(C)(CC)OO. The number of hydrogen-bond donors (Lipinski definition) is 2. The van der Waals surface area contributed by atoms with E-state index in [1.165, 1.54) is 13.8 Å². The van der Waals surface area contributed by atoms with Crippen molar-refractivity contribution in [1.29, 1.82) is 0 Å². The molecule has 0 radical (unpaired) electrons. The Morgan fingerprint density at radius 3 is 1.07 bits per heavy atom. The Balaban J connectivity index is 0. The molecule has 12 nitrogen and oxygen atoms in total. The molecule has 12 heteroatoms. The molecule has 180 valence electrons. The van der Waals surface area contributed by atoms with Gasteiger partial charge < -0.3 is 9.47 Å². The average Bonchev–Trinajstić information content (AvgIpc) is 2.62. The van der Waals surface area contributed by atoms with Gasteiger partial charge in [0.25, 0.3) is 0 Å². The monoisotopic (exact) mass is 444 g/mol. The number of carbonyl (C=O) groups excluding carboxylic acids is 2. The second kappa shape index (κ2) is 12.9. The van der Waals surface area contributed by atoms with Crippen LogP contribution in [0, 0.1) is 0 Å². The maximum absolute atomic E-state index is 11.0. The molecule has 2 unspecified atom stereocenters. The van der Waals surface area contributed by atoms with Crippen molar-refractivity contribution in [3.63, 3.8) is 0 Å². The van der Waals surface area contributed by atoms with Crippen LogP contribution in [0.3, 0.4) is 0 Å². The number of carbonyl (C=O) groups is 2. The van der Waals surface area contributed by atoms with Crippen LogP contribution in [0.4, 0.5) is 9.59 Å². The van der Waals surface area contributed by atoms with E-state index >= 15 is 0 Å². The summed E-state index contributed by atoms with van der Waals surface area (Å²) in [7, 11) is 0. The van der Waals surface area contributed by atoms with Gasteiger partial charge in [0.05, 0.1) is 0 Å². The van der Waals surface area contributed by atoms with Gasteiger partial charge in [-0.15, -0.1) is 0 Å². The third-order valence-corrected chi connectivity index (χ3v) is 3.02. The summed E-state index contributed by atoms with van der Waals surface area (Å²) in [5.74, 6) is -2.54. The van der Waals surface area contributed by atoms with Gasteiger partial charge in [0.1, 0.15) is 11.2 Å². The molecule has 0 saturated heterocycles. The Labute approximate surface area is 176 Å². The maximum atomic E-state index is 11.0. The van der Waals surface area contributed by atoms with E-state index in [4.69, 9.17) is 29.8 Å². The number of ether oxygens (including phenoxy) is 2. The summed E-state index contributed by atoms with van der Waals surface area (Å²) in [5, 5.41) is 17.0. The van der Waals surface area contributed by atoms with E-state index in [-0.39, 0.29) is 0 Å². The Hall–Kier alpha value is -1.70. The molecule has 0 rings (SSSR count). The largest absolute Gasteiger partial charge is 0.550 e. The van der Waals surface area contributed by atoms with Crippen molar-refractivity contribution in [3.8, 4) is 0 Å². The lowest BCUT2D eigenvalue weighted by molar-refractivity contribution is -0.566. The lowest BCUT2D eigenvalue weighted by atomic mass is 10.2. The highest BCUT2D eigenvalue weighted by Crippen LogP contribution is 2.23. The molecule has 0 aromatic carbocycles. The first-order valence-corrected chi connectivity index (χ1v) is 9.27. The fourth-order valence-corrected chi connectivity index (χ4v) is 1.06. The summed E-state index contributed by atoms with van der Waals surface area (Å²) in [6, 6.07) is 0. The van der Waals surface area contributed by atoms with Crippen LogP contribution in [0.15, 0.2) is 0 Å². The zero-order chi connectivity index (χ0) is 24.2. The average molecular weight is 444 g/mol. The minimum absolute atomic E-state index is 0.370. The molecule has 0 aromatic rings. The minimum atomic E-state index is -1.27. The van der Waals surface area contributed by atoms with E-state index in [9.17, 15) is 9.59 Å². The minimum Gasteiger partial charge on any atom is -0.426 e. The van der Waals surface area contributed by atoms with Crippen LogP contribution in [0.5, 0.6) is 0 Å². The second-order valence-corrected chi connectivity index (χ2v) is 8.42. The van der Waals surface area contributed by atoms with Gasteiger partial charge in [-0.1, -0.05) is 13.8 Å². The first-order chi connectivity index (χ1) is 13.4. The summed E-state index contributed by atoms with van der Waals surface area (Å²) >= 11 is 0. The number of rotatable bonds is 7. The lowest BCUT2D eigenvalue weighted by Gasteiger charge is -2.29. The van der Waals surface area contributed by atoms with Gasteiger partial charge in [0.2, 0.25) is 11.6 Å². The van der Waals surface area contributed by atoms with Crippen LogP contribution in [0.2, 0.25) is 0 Å². The molecule has 0 aromatic heterocycles. The molecular formula is C18H36O12. The summed E-state index contributed by atoms with van der Waals surface area (Å²) in [5.41, 5.74) is -1.43. The first kappa shape index (κ1) is 30.5. The van der Waals surface area contributed by atoms with Crippen molar-refractivity contribution < 1.29 is 58.9 Å². The molecule has 0 heterocycles. The summed E-state index contributed by atoms with van der Waals surface area (Å²) < 4.78 is 9.45.